The summed E-state index contributed by atoms with van der Waals surface area (Å²) < 4.78 is 4.65. The Morgan fingerprint density at radius 2 is 2.17 bits per heavy atom. The molecule has 0 saturated heterocycles. The van der Waals surface area contributed by atoms with Crippen LogP contribution in [0, 0.1) is 0 Å². The smallest absolute Gasteiger partial charge is 0.339 e. The van der Waals surface area contributed by atoms with E-state index in [1.165, 1.54) is 7.11 Å². The van der Waals surface area contributed by atoms with E-state index < -0.39 is 0 Å². The quantitative estimate of drug-likeness (QED) is 0.641. The fourth-order valence-corrected chi connectivity index (χ4v) is 1.53. The number of hydrogen-bond donors (Lipinski definition) is 3. The van der Waals surface area contributed by atoms with Gasteiger partial charge in [0, 0.05) is 24.5 Å². The summed E-state index contributed by atoms with van der Waals surface area (Å²) in [7, 11) is 1.34. The lowest BCUT2D eigenvalue weighted by Crippen LogP contribution is -2.37. The Labute approximate surface area is 106 Å². The van der Waals surface area contributed by atoms with Crippen molar-refractivity contribution in [1.29, 1.82) is 0 Å². The first-order valence-corrected chi connectivity index (χ1v) is 5.79. The first-order valence-electron chi connectivity index (χ1n) is 5.79. The van der Waals surface area contributed by atoms with Gasteiger partial charge in [-0.2, -0.15) is 0 Å². The third kappa shape index (κ3) is 4.21. The van der Waals surface area contributed by atoms with Crippen LogP contribution in [0.5, 0.6) is 0 Å². The minimum Gasteiger partial charge on any atom is -0.465 e. The van der Waals surface area contributed by atoms with Gasteiger partial charge in [-0.05, 0) is 19.9 Å². The van der Waals surface area contributed by atoms with Gasteiger partial charge in [0.15, 0.2) is 0 Å². The number of nitrogens with one attached hydrogen (secondary N) is 3. The highest BCUT2D eigenvalue weighted by Gasteiger charge is 2.12. The van der Waals surface area contributed by atoms with Crippen LogP contribution in [0.2, 0.25) is 0 Å². The number of carbonyl (C=O) groups is 2. The maximum atomic E-state index is 11.4. The van der Waals surface area contributed by atoms with Crippen LogP contribution in [0.15, 0.2) is 12.3 Å². The Balaban J connectivity index is 2.42. The monoisotopic (exact) mass is 253 g/mol. The summed E-state index contributed by atoms with van der Waals surface area (Å²) in [6, 6.07) is 1.77. The standard InChI is InChI=1S/C12H19N3O3/c1-8(2)15-11(16)7-13-6-10-9(4-5-14-10)12(17)18-3/h4-5,8,13-14H,6-7H2,1-3H3,(H,15,16). The summed E-state index contributed by atoms with van der Waals surface area (Å²) in [5, 5.41) is 5.73. The van der Waals surface area contributed by atoms with Crippen LogP contribution in [-0.4, -0.2) is 36.6 Å². The molecule has 6 heteroatoms. The van der Waals surface area contributed by atoms with E-state index in [-0.39, 0.29) is 24.5 Å². The predicted octanol–water partition coefficient (Wildman–Crippen LogP) is 0.416. The maximum Gasteiger partial charge on any atom is 0.339 e. The summed E-state index contributed by atoms with van der Waals surface area (Å²) in [6.07, 6.45) is 1.66. The second-order valence-corrected chi connectivity index (χ2v) is 4.19. The predicted molar refractivity (Wildman–Crippen MR) is 67.1 cm³/mol. The molecule has 0 saturated carbocycles. The van der Waals surface area contributed by atoms with Crippen molar-refractivity contribution in [2.45, 2.75) is 26.4 Å². The third-order valence-electron chi connectivity index (χ3n) is 2.27. The van der Waals surface area contributed by atoms with E-state index in [0.717, 1.165) is 0 Å². The van der Waals surface area contributed by atoms with Crippen molar-refractivity contribution in [1.82, 2.24) is 15.6 Å². The van der Waals surface area contributed by atoms with E-state index in [9.17, 15) is 9.59 Å². The fourth-order valence-electron chi connectivity index (χ4n) is 1.53. The summed E-state index contributed by atoms with van der Waals surface area (Å²) in [5.74, 6) is -0.462. The zero-order valence-corrected chi connectivity index (χ0v) is 10.9. The van der Waals surface area contributed by atoms with E-state index in [1.807, 2.05) is 13.8 Å². The average Bonchev–Trinajstić information content (AvgIpc) is 2.75. The highest BCUT2D eigenvalue weighted by Crippen LogP contribution is 2.07. The van der Waals surface area contributed by atoms with Crippen LogP contribution in [0.4, 0.5) is 0 Å². The number of H-pyrrole nitrogens is 1. The van der Waals surface area contributed by atoms with Crippen LogP contribution >= 0.6 is 0 Å². The lowest BCUT2D eigenvalue weighted by Gasteiger charge is -2.09. The highest BCUT2D eigenvalue weighted by molar-refractivity contribution is 5.90. The van der Waals surface area contributed by atoms with Gasteiger partial charge in [0.2, 0.25) is 5.91 Å². The van der Waals surface area contributed by atoms with Crippen LogP contribution in [0.3, 0.4) is 0 Å². The third-order valence-corrected chi connectivity index (χ3v) is 2.27. The molecule has 6 nitrogen and oxygen atoms in total. The second kappa shape index (κ2) is 6.80. The molecule has 0 aromatic carbocycles. The van der Waals surface area contributed by atoms with Crippen molar-refractivity contribution in [3.8, 4) is 0 Å². The number of amides is 1. The van der Waals surface area contributed by atoms with Gasteiger partial charge in [0.25, 0.3) is 0 Å². The van der Waals surface area contributed by atoms with Gasteiger partial charge in [0.05, 0.1) is 19.2 Å². The molecule has 0 radical (unpaired) electrons. The van der Waals surface area contributed by atoms with Crippen molar-refractivity contribution >= 4 is 11.9 Å². The Morgan fingerprint density at radius 3 is 2.78 bits per heavy atom. The van der Waals surface area contributed by atoms with Crippen molar-refractivity contribution in [3.05, 3.63) is 23.5 Å². The number of esters is 1. The molecule has 1 aromatic heterocycles. The zero-order valence-electron chi connectivity index (χ0n) is 10.9. The van der Waals surface area contributed by atoms with Crippen LogP contribution in [0.25, 0.3) is 0 Å². The van der Waals surface area contributed by atoms with Gasteiger partial charge in [0.1, 0.15) is 0 Å². The Kier molecular flexibility index (Phi) is 5.38. The van der Waals surface area contributed by atoms with E-state index >= 15 is 0 Å². The number of methoxy groups -OCH3 is 1. The number of aromatic amines is 1. The number of aromatic nitrogens is 1. The molecule has 0 spiro atoms. The zero-order chi connectivity index (χ0) is 13.5. The molecular weight excluding hydrogens is 234 g/mol. The van der Waals surface area contributed by atoms with Gasteiger partial charge < -0.3 is 20.4 Å². The normalized spacial score (nSPS) is 10.4. The fraction of sp³-hybridized carbons (Fsp3) is 0.500. The largest absolute Gasteiger partial charge is 0.465 e. The van der Waals surface area contributed by atoms with E-state index in [2.05, 4.69) is 20.4 Å². The molecule has 0 aliphatic carbocycles. The minimum absolute atomic E-state index is 0.0730. The molecule has 1 rings (SSSR count). The molecule has 0 bridgehead atoms. The highest BCUT2D eigenvalue weighted by atomic mass is 16.5. The van der Waals surface area contributed by atoms with Gasteiger partial charge in [-0.25, -0.2) is 4.79 Å². The van der Waals surface area contributed by atoms with Gasteiger partial charge in [-0.15, -0.1) is 0 Å². The Morgan fingerprint density at radius 1 is 1.44 bits per heavy atom. The topological polar surface area (TPSA) is 83.2 Å². The lowest BCUT2D eigenvalue weighted by molar-refractivity contribution is -0.120. The van der Waals surface area contributed by atoms with E-state index in [4.69, 9.17) is 0 Å². The van der Waals surface area contributed by atoms with Gasteiger partial charge in [-0.1, -0.05) is 0 Å². The number of rotatable bonds is 6. The van der Waals surface area contributed by atoms with Crippen LogP contribution < -0.4 is 10.6 Å². The molecule has 0 unspecified atom stereocenters. The van der Waals surface area contributed by atoms with E-state index in [0.29, 0.717) is 17.8 Å². The van der Waals surface area contributed by atoms with Crippen molar-refractivity contribution < 1.29 is 14.3 Å². The summed E-state index contributed by atoms with van der Waals surface area (Å²) in [4.78, 5) is 25.7. The van der Waals surface area contributed by atoms with Gasteiger partial charge >= 0.3 is 5.97 Å². The molecule has 18 heavy (non-hydrogen) atoms. The lowest BCUT2D eigenvalue weighted by atomic mass is 10.2. The Bertz CT molecular complexity index is 412. The first-order chi connectivity index (χ1) is 8.54. The number of carbonyl (C=O) groups excluding carboxylic acids is 2. The molecule has 1 aromatic rings. The molecule has 3 N–H and O–H groups in total. The molecule has 0 aliphatic heterocycles. The molecule has 1 heterocycles. The molecule has 0 fully saturated rings. The molecule has 0 atom stereocenters. The number of hydrogen-bond acceptors (Lipinski definition) is 4. The summed E-state index contributed by atoms with van der Waals surface area (Å²) in [5.41, 5.74) is 1.19. The maximum absolute atomic E-state index is 11.4. The van der Waals surface area contributed by atoms with Crippen LogP contribution in [-0.2, 0) is 16.1 Å². The SMILES string of the molecule is COC(=O)c1cc[nH]c1CNCC(=O)NC(C)C. The number of ether oxygens (including phenoxy) is 1. The van der Waals surface area contributed by atoms with Crippen LogP contribution in [0.1, 0.15) is 29.9 Å². The Hall–Kier alpha value is -1.82. The van der Waals surface area contributed by atoms with Crippen molar-refractivity contribution in [2.75, 3.05) is 13.7 Å². The summed E-state index contributed by atoms with van der Waals surface area (Å²) in [6.45, 7) is 4.41. The molecule has 100 valence electrons. The first kappa shape index (κ1) is 14.2. The second-order valence-electron chi connectivity index (χ2n) is 4.19. The van der Waals surface area contributed by atoms with Crippen molar-refractivity contribution in [2.24, 2.45) is 0 Å². The van der Waals surface area contributed by atoms with Gasteiger partial charge in [-0.3, -0.25) is 4.79 Å². The van der Waals surface area contributed by atoms with Crippen molar-refractivity contribution in [3.63, 3.8) is 0 Å². The summed E-state index contributed by atoms with van der Waals surface area (Å²) >= 11 is 0. The molecule has 0 aliphatic rings. The molecular formula is C12H19N3O3. The molecule has 1 amide bonds. The average molecular weight is 253 g/mol. The minimum atomic E-state index is -0.389. The van der Waals surface area contributed by atoms with E-state index in [1.54, 1.807) is 12.3 Å².